The SMILES string of the molecule is CCn1c2ccccc2c2cc(/C=C/c3ccc(-c4ccc(/C=C/c5ccc6c(c5)c5ccccc5n6CC)cc4C)c(C)c3)ccc21. The minimum absolute atomic E-state index is 0.965. The summed E-state index contributed by atoms with van der Waals surface area (Å²) in [6.45, 7) is 10.8. The van der Waals surface area contributed by atoms with Gasteiger partial charge in [0, 0.05) is 56.7 Å². The van der Waals surface area contributed by atoms with Crippen LogP contribution < -0.4 is 0 Å². The zero-order valence-electron chi connectivity index (χ0n) is 28.2. The molecule has 6 aromatic carbocycles. The molecule has 0 aliphatic carbocycles. The van der Waals surface area contributed by atoms with Gasteiger partial charge in [0.25, 0.3) is 0 Å². The van der Waals surface area contributed by atoms with Gasteiger partial charge in [-0.15, -0.1) is 0 Å². The van der Waals surface area contributed by atoms with Crippen LogP contribution in [0.2, 0.25) is 0 Å². The lowest BCUT2D eigenvalue weighted by atomic mass is 9.93. The molecule has 0 unspecified atom stereocenters. The fraction of sp³-hybridized carbons (Fsp3) is 0.130. The van der Waals surface area contributed by atoms with Gasteiger partial charge >= 0.3 is 0 Å². The highest BCUT2D eigenvalue weighted by molar-refractivity contribution is 6.09. The summed E-state index contributed by atoms with van der Waals surface area (Å²) in [4.78, 5) is 0. The summed E-state index contributed by atoms with van der Waals surface area (Å²) in [6, 6.07) is 44.7. The van der Waals surface area contributed by atoms with Gasteiger partial charge in [0.05, 0.1) is 0 Å². The van der Waals surface area contributed by atoms with Crippen molar-refractivity contribution in [2.24, 2.45) is 0 Å². The third-order valence-electron chi connectivity index (χ3n) is 9.95. The number of hydrogen-bond donors (Lipinski definition) is 0. The molecule has 0 atom stereocenters. The zero-order valence-corrected chi connectivity index (χ0v) is 28.2. The van der Waals surface area contributed by atoms with Crippen molar-refractivity contribution in [3.05, 3.63) is 155 Å². The van der Waals surface area contributed by atoms with Crippen LogP contribution in [0.25, 0.3) is 79.0 Å². The van der Waals surface area contributed by atoms with E-state index in [0.717, 1.165) is 13.1 Å². The number of nitrogens with zero attached hydrogens (tertiary/aromatic N) is 2. The van der Waals surface area contributed by atoms with Gasteiger partial charge in [-0.2, -0.15) is 0 Å². The minimum atomic E-state index is 0.965. The zero-order chi connectivity index (χ0) is 32.8. The maximum absolute atomic E-state index is 2.40. The Hall–Kier alpha value is -5.60. The van der Waals surface area contributed by atoms with Crippen LogP contribution in [0.15, 0.2) is 121 Å². The number of rotatable bonds is 7. The molecule has 0 radical (unpaired) electrons. The lowest BCUT2D eigenvalue weighted by Crippen LogP contribution is -1.92. The first-order valence-corrected chi connectivity index (χ1v) is 17.1. The van der Waals surface area contributed by atoms with Gasteiger partial charge in [-0.3, -0.25) is 0 Å². The van der Waals surface area contributed by atoms with Gasteiger partial charge in [-0.25, -0.2) is 0 Å². The molecule has 0 saturated carbocycles. The number of aryl methyl sites for hydroxylation is 4. The molecular formula is C46H40N2. The first-order valence-electron chi connectivity index (χ1n) is 17.1. The molecule has 234 valence electrons. The van der Waals surface area contributed by atoms with Crippen LogP contribution in [0.3, 0.4) is 0 Å². The normalized spacial score (nSPS) is 12.2. The van der Waals surface area contributed by atoms with Crippen molar-refractivity contribution >= 4 is 67.9 Å². The largest absolute Gasteiger partial charge is 0.341 e. The van der Waals surface area contributed by atoms with Crippen molar-refractivity contribution in [3.8, 4) is 11.1 Å². The molecule has 2 aromatic heterocycles. The minimum Gasteiger partial charge on any atom is -0.341 e. The third-order valence-corrected chi connectivity index (χ3v) is 9.95. The van der Waals surface area contributed by atoms with Crippen molar-refractivity contribution < 1.29 is 0 Å². The van der Waals surface area contributed by atoms with Crippen LogP contribution in [0.1, 0.15) is 47.2 Å². The Morgan fingerprint density at radius 3 is 1.15 bits per heavy atom. The summed E-state index contributed by atoms with van der Waals surface area (Å²) >= 11 is 0. The molecule has 2 nitrogen and oxygen atoms in total. The average molecular weight is 621 g/mol. The highest BCUT2D eigenvalue weighted by Crippen LogP contribution is 2.33. The van der Waals surface area contributed by atoms with Crippen molar-refractivity contribution in [1.29, 1.82) is 0 Å². The molecule has 2 heterocycles. The Balaban J connectivity index is 1.02. The van der Waals surface area contributed by atoms with Gasteiger partial charge in [0.15, 0.2) is 0 Å². The van der Waals surface area contributed by atoms with Gasteiger partial charge < -0.3 is 9.13 Å². The Kier molecular flexibility index (Phi) is 7.57. The van der Waals surface area contributed by atoms with Gasteiger partial charge in [-0.1, -0.05) is 109 Å². The lowest BCUT2D eigenvalue weighted by Gasteiger charge is -2.11. The Bertz CT molecular complexity index is 2370. The molecule has 0 amide bonds. The third kappa shape index (κ3) is 5.15. The molecule has 2 heteroatoms. The van der Waals surface area contributed by atoms with E-state index >= 15 is 0 Å². The van der Waals surface area contributed by atoms with Crippen molar-refractivity contribution in [3.63, 3.8) is 0 Å². The van der Waals surface area contributed by atoms with Crippen LogP contribution in [0.4, 0.5) is 0 Å². The van der Waals surface area contributed by atoms with Crippen LogP contribution in [-0.2, 0) is 13.1 Å². The number of aromatic nitrogens is 2. The second-order valence-electron chi connectivity index (χ2n) is 12.9. The molecule has 0 bridgehead atoms. The Morgan fingerprint density at radius 1 is 0.396 bits per heavy atom. The van der Waals surface area contributed by atoms with Crippen LogP contribution >= 0.6 is 0 Å². The van der Waals surface area contributed by atoms with E-state index in [4.69, 9.17) is 0 Å². The fourth-order valence-electron chi connectivity index (χ4n) is 7.60. The van der Waals surface area contributed by atoms with Crippen LogP contribution in [0.5, 0.6) is 0 Å². The van der Waals surface area contributed by atoms with E-state index in [2.05, 4.69) is 182 Å². The molecule has 0 aliphatic heterocycles. The smallest absolute Gasteiger partial charge is 0.0491 e. The summed E-state index contributed by atoms with van der Waals surface area (Å²) in [6.07, 6.45) is 8.93. The average Bonchev–Trinajstić information content (AvgIpc) is 3.61. The standard InChI is InChI=1S/C46H40N2/c1-5-47-43-13-9-7-11-39(43)41-29-35(21-25-45(41)47)17-15-33-19-23-37(31(3)27-33)38-24-20-34(28-32(38)4)16-18-36-22-26-46-42(30-36)40-12-8-10-14-44(40)48(46)6-2/h7-30H,5-6H2,1-4H3/b17-15+,18-16+. The van der Waals surface area contributed by atoms with E-state index in [9.17, 15) is 0 Å². The summed E-state index contributed by atoms with van der Waals surface area (Å²) in [5.41, 5.74) is 15.2. The summed E-state index contributed by atoms with van der Waals surface area (Å²) in [5, 5.41) is 5.27. The predicted molar refractivity (Wildman–Crippen MR) is 209 cm³/mol. The first kappa shape index (κ1) is 29.8. The topological polar surface area (TPSA) is 9.86 Å². The van der Waals surface area contributed by atoms with Crippen molar-refractivity contribution in [2.75, 3.05) is 0 Å². The van der Waals surface area contributed by atoms with Gasteiger partial charge in [0.1, 0.15) is 0 Å². The van der Waals surface area contributed by atoms with Crippen LogP contribution in [0, 0.1) is 13.8 Å². The quantitative estimate of drug-likeness (QED) is 0.157. The number of benzene rings is 6. The Morgan fingerprint density at radius 2 is 0.750 bits per heavy atom. The van der Waals surface area contributed by atoms with E-state index in [1.54, 1.807) is 0 Å². The second kappa shape index (κ2) is 12.2. The van der Waals surface area contributed by atoms with E-state index in [1.807, 2.05) is 0 Å². The molecule has 0 aliphatic rings. The molecule has 8 rings (SSSR count). The second-order valence-corrected chi connectivity index (χ2v) is 12.9. The molecule has 0 spiro atoms. The van der Waals surface area contributed by atoms with E-state index in [1.165, 1.54) is 88.1 Å². The maximum Gasteiger partial charge on any atom is 0.0491 e. The van der Waals surface area contributed by atoms with E-state index < -0.39 is 0 Å². The fourth-order valence-corrected chi connectivity index (χ4v) is 7.60. The van der Waals surface area contributed by atoms with Crippen LogP contribution in [-0.4, -0.2) is 9.13 Å². The molecule has 48 heavy (non-hydrogen) atoms. The number of hydrogen-bond acceptors (Lipinski definition) is 0. The molecular weight excluding hydrogens is 581 g/mol. The van der Waals surface area contributed by atoms with E-state index in [-0.39, 0.29) is 0 Å². The monoisotopic (exact) mass is 620 g/mol. The lowest BCUT2D eigenvalue weighted by molar-refractivity contribution is 0.827. The maximum atomic E-state index is 2.40. The summed E-state index contributed by atoms with van der Waals surface area (Å²) < 4.78 is 4.80. The molecule has 0 saturated heterocycles. The van der Waals surface area contributed by atoms with Gasteiger partial charge in [-0.05, 0) is 109 Å². The van der Waals surface area contributed by atoms with Crippen molar-refractivity contribution in [1.82, 2.24) is 9.13 Å². The molecule has 0 fully saturated rings. The molecule has 8 aromatic rings. The Labute approximate surface area is 282 Å². The summed E-state index contributed by atoms with van der Waals surface area (Å²) in [5.74, 6) is 0. The summed E-state index contributed by atoms with van der Waals surface area (Å²) in [7, 11) is 0. The number of para-hydroxylation sites is 2. The van der Waals surface area contributed by atoms with E-state index in [0.29, 0.717) is 0 Å². The van der Waals surface area contributed by atoms with Crippen molar-refractivity contribution in [2.45, 2.75) is 40.8 Å². The van der Waals surface area contributed by atoms with Gasteiger partial charge in [0.2, 0.25) is 0 Å². The predicted octanol–water partition coefficient (Wildman–Crippen LogP) is 12.6. The first-order chi connectivity index (χ1) is 23.5. The number of fused-ring (bicyclic) bond motifs is 6. The highest BCUT2D eigenvalue weighted by Gasteiger charge is 2.11. The molecule has 0 N–H and O–H groups in total. The highest BCUT2D eigenvalue weighted by atomic mass is 15.0.